The zero-order chi connectivity index (χ0) is 28.8. The molecule has 2 N–H and O–H groups in total. The van der Waals surface area contributed by atoms with E-state index in [0.29, 0.717) is 34.9 Å². The van der Waals surface area contributed by atoms with Gasteiger partial charge in [-0.25, -0.2) is 10.2 Å². The molecule has 0 saturated heterocycles. The standard InChI is InChI=1S/C32H26IN3O5/c1-3-40-28-16-20(12-15-27(28)41-32(38)22-10-7-11-24(17-22)39-2)19-34-36-31(37)30-29(21-8-5-4-6-9-21)25-18-23(33)13-14-26(25)35-30/h4-19,35H,3H2,1-2H3,(H,36,37). The molecule has 5 rings (SSSR count). The summed E-state index contributed by atoms with van der Waals surface area (Å²) in [7, 11) is 1.53. The molecule has 5 aromatic rings. The predicted molar refractivity (Wildman–Crippen MR) is 167 cm³/mol. The molecule has 41 heavy (non-hydrogen) atoms. The van der Waals surface area contributed by atoms with Crippen LogP contribution >= 0.6 is 22.6 Å². The van der Waals surface area contributed by atoms with Crippen LogP contribution in [0.1, 0.15) is 33.3 Å². The monoisotopic (exact) mass is 659 g/mol. The Hall–Kier alpha value is -4.64. The van der Waals surface area contributed by atoms with E-state index in [-0.39, 0.29) is 11.7 Å². The number of aromatic amines is 1. The van der Waals surface area contributed by atoms with Gasteiger partial charge in [-0.05, 0) is 95.2 Å². The lowest BCUT2D eigenvalue weighted by molar-refractivity contribution is 0.0727. The summed E-state index contributed by atoms with van der Waals surface area (Å²) in [5.74, 6) is 0.272. The summed E-state index contributed by atoms with van der Waals surface area (Å²) < 4.78 is 17.6. The van der Waals surface area contributed by atoms with Crippen molar-refractivity contribution in [1.29, 1.82) is 0 Å². The number of aromatic nitrogens is 1. The number of rotatable bonds is 9. The fourth-order valence-electron chi connectivity index (χ4n) is 4.33. The van der Waals surface area contributed by atoms with Crippen LogP contribution in [0.2, 0.25) is 0 Å². The number of benzene rings is 4. The maximum Gasteiger partial charge on any atom is 0.343 e. The molecule has 0 atom stereocenters. The van der Waals surface area contributed by atoms with E-state index in [1.54, 1.807) is 42.5 Å². The van der Waals surface area contributed by atoms with E-state index in [2.05, 4.69) is 38.1 Å². The highest BCUT2D eigenvalue weighted by Gasteiger charge is 2.19. The van der Waals surface area contributed by atoms with Gasteiger partial charge >= 0.3 is 5.97 Å². The van der Waals surface area contributed by atoms with E-state index in [1.807, 2.05) is 55.5 Å². The Morgan fingerprint density at radius 1 is 0.951 bits per heavy atom. The smallest absolute Gasteiger partial charge is 0.343 e. The summed E-state index contributed by atoms with van der Waals surface area (Å²) in [4.78, 5) is 29.2. The molecule has 1 heterocycles. The van der Waals surface area contributed by atoms with Crippen LogP contribution in [-0.4, -0.2) is 36.8 Å². The van der Waals surface area contributed by atoms with Crippen molar-refractivity contribution in [3.8, 4) is 28.4 Å². The van der Waals surface area contributed by atoms with Crippen LogP contribution in [0.25, 0.3) is 22.0 Å². The summed E-state index contributed by atoms with van der Waals surface area (Å²) in [5, 5.41) is 5.13. The number of carbonyl (C=O) groups excluding carboxylic acids is 2. The third kappa shape index (κ3) is 6.41. The molecule has 1 amide bonds. The number of nitrogens with one attached hydrogen (secondary N) is 2. The predicted octanol–water partition coefficient (Wildman–Crippen LogP) is 6.83. The first-order valence-electron chi connectivity index (χ1n) is 12.8. The third-order valence-corrected chi connectivity index (χ3v) is 6.88. The quantitative estimate of drug-likeness (QED) is 0.0594. The van der Waals surface area contributed by atoms with Crippen molar-refractivity contribution in [3.05, 3.63) is 111 Å². The Bertz CT molecular complexity index is 1750. The molecule has 0 bridgehead atoms. The van der Waals surface area contributed by atoms with Crippen molar-refractivity contribution < 1.29 is 23.8 Å². The van der Waals surface area contributed by atoms with Crippen LogP contribution in [0.15, 0.2) is 96.1 Å². The van der Waals surface area contributed by atoms with Crippen molar-refractivity contribution in [2.75, 3.05) is 13.7 Å². The molecule has 206 valence electrons. The van der Waals surface area contributed by atoms with Crippen LogP contribution < -0.4 is 19.6 Å². The highest BCUT2D eigenvalue weighted by molar-refractivity contribution is 14.1. The average Bonchev–Trinajstić information content (AvgIpc) is 3.37. The van der Waals surface area contributed by atoms with Gasteiger partial charge in [-0.15, -0.1) is 0 Å². The Balaban J connectivity index is 1.35. The van der Waals surface area contributed by atoms with Crippen LogP contribution in [0.3, 0.4) is 0 Å². The van der Waals surface area contributed by atoms with Gasteiger partial charge in [0.1, 0.15) is 11.4 Å². The van der Waals surface area contributed by atoms with E-state index in [0.717, 1.165) is 25.6 Å². The second-order valence-corrected chi connectivity index (χ2v) is 10.1. The molecule has 1 aromatic heterocycles. The molecule has 0 aliphatic heterocycles. The van der Waals surface area contributed by atoms with Gasteiger partial charge < -0.3 is 19.2 Å². The number of amides is 1. The molecule has 9 heteroatoms. The fraction of sp³-hybridized carbons (Fsp3) is 0.0938. The van der Waals surface area contributed by atoms with Crippen molar-refractivity contribution in [3.63, 3.8) is 0 Å². The molecule has 0 spiro atoms. The third-order valence-electron chi connectivity index (χ3n) is 6.21. The lowest BCUT2D eigenvalue weighted by Gasteiger charge is -2.11. The van der Waals surface area contributed by atoms with Gasteiger partial charge in [0.05, 0.1) is 25.5 Å². The number of fused-ring (bicyclic) bond motifs is 1. The van der Waals surface area contributed by atoms with Crippen LogP contribution in [0, 0.1) is 3.57 Å². The van der Waals surface area contributed by atoms with Crippen LogP contribution in [0.5, 0.6) is 17.2 Å². The first-order chi connectivity index (χ1) is 20.0. The summed E-state index contributed by atoms with van der Waals surface area (Å²) >= 11 is 2.26. The first-order valence-corrected chi connectivity index (χ1v) is 13.9. The molecule has 0 fully saturated rings. The van der Waals surface area contributed by atoms with Gasteiger partial charge in [0.25, 0.3) is 5.91 Å². The lowest BCUT2D eigenvalue weighted by atomic mass is 10.0. The first kappa shape index (κ1) is 27.9. The van der Waals surface area contributed by atoms with Gasteiger partial charge in [-0.1, -0.05) is 36.4 Å². The number of hydrogen-bond donors (Lipinski definition) is 2. The highest BCUT2D eigenvalue weighted by atomic mass is 127. The normalized spacial score (nSPS) is 11.0. The number of esters is 1. The second kappa shape index (κ2) is 12.7. The van der Waals surface area contributed by atoms with E-state index in [4.69, 9.17) is 14.2 Å². The Labute approximate surface area is 250 Å². The zero-order valence-electron chi connectivity index (χ0n) is 22.3. The molecule has 8 nitrogen and oxygen atoms in total. The van der Waals surface area contributed by atoms with E-state index in [1.165, 1.54) is 13.3 Å². The molecule has 4 aromatic carbocycles. The zero-order valence-corrected chi connectivity index (χ0v) is 24.5. The average molecular weight is 659 g/mol. The Kier molecular flexibility index (Phi) is 8.64. The van der Waals surface area contributed by atoms with Gasteiger partial charge in [0, 0.05) is 20.0 Å². The van der Waals surface area contributed by atoms with E-state index in [9.17, 15) is 9.59 Å². The number of carbonyl (C=O) groups is 2. The number of ether oxygens (including phenoxy) is 3. The lowest BCUT2D eigenvalue weighted by Crippen LogP contribution is -2.18. The SMILES string of the molecule is CCOc1cc(C=NNC(=O)c2[nH]c3ccc(I)cc3c2-c2ccccc2)ccc1OC(=O)c1cccc(OC)c1. The minimum atomic E-state index is -0.541. The number of halogens is 1. The number of hydrogen-bond acceptors (Lipinski definition) is 6. The summed E-state index contributed by atoms with van der Waals surface area (Å²) in [6.45, 7) is 2.20. The largest absolute Gasteiger partial charge is 0.497 e. The van der Waals surface area contributed by atoms with Crippen molar-refractivity contribution >= 4 is 51.6 Å². The van der Waals surface area contributed by atoms with Gasteiger partial charge in [0.2, 0.25) is 0 Å². The topological polar surface area (TPSA) is 102 Å². The summed E-state index contributed by atoms with van der Waals surface area (Å²) in [6.07, 6.45) is 1.50. The maximum absolute atomic E-state index is 13.3. The van der Waals surface area contributed by atoms with E-state index < -0.39 is 5.97 Å². The van der Waals surface area contributed by atoms with Gasteiger partial charge in [0.15, 0.2) is 11.5 Å². The number of nitrogens with zero attached hydrogens (tertiary/aromatic N) is 1. The second-order valence-electron chi connectivity index (χ2n) is 8.89. The number of H-pyrrole nitrogens is 1. The molecule has 0 radical (unpaired) electrons. The minimum absolute atomic E-state index is 0.265. The highest BCUT2D eigenvalue weighted by Crippen LogP contribution is 2.33. The molecule has 0 unspecified atom stereocenters. The minimum Gasteiger partial charge on any atom is -0.497 e. The van der Waals surface area contributed by atoms with Gasteiger partial charge in [-0.2, -0.15) is 5.10 Å². The Morgan fingerprint density at radius 2 is 1.78 bits per heavy atom. The van der Waals surface area contributed by atoms with Crippen LogP contribution in [-0.2, 0) is 0 Å². The molecular weight excluding hydrogens is 633 g/mol. The van der Waals surface area contributed by atoms with Crippen molar-refractivity contribution in [2.24, 2.45) is 5.10 Å². The Morgan fingerprint density at radius 3 is 2.56 bits per heavy atom. The van der Waals surface area contributed by atoms with Crippen molar-refractivity contribution in [2.45, 2.75) is 6.92 Å². The summed E-state index contributed by atoms with van der Waals surface area (Å²) in [6, 6.07) is 27.5. The maximum atomic E-state index is 13.3. The summed E-state index contributed by atoms with van der Waals surface area (Å²) in [5.41, 5.74) is 6.63. The van der Waals surface area contributed by atoms with E-state index >= 15 is 0 Å². The number of hydrazone groups is 1. The van der Waals surface area contributed by atoms with Gasteiger partial charge in [-0.3, -0.25) is 4.79 Å². The van der Waals surface area contributed by atoms with Crippen molar-refractivity contribution in [1.82, 2.24) is 10.4 Å². The molecular formula is C32H26IN3O5. The van der Waals surface area contributed by atoms with Crippen LogP contribution in [0.4, 0.5) is 0 Å². The fourth-order valence-corrected chi connectivity index (χ4v) is 4.82. The molecule has 0 saturated carbocycles. The molecule has 0 aliphatic carbocycles. The molecule has 0 aliphatic rings. The number of methoxy groups -OCH3 is 1.